The molecule has 2 unspecified atom stereocenters. The van der Waals surface area contributed by atoms with Crippen LogP contribution >= 0.6 is 0 Å². The Labute approximate surface area is 153 Å². The average molecular weight is 362 g/mol. The van der Waals surface area contributed by atoms with Gasteiger partial charge in [-0.1, -0.05) is 19.9 Å². The third-order valence-corrected chi connectivity index (χ3v) is 4.81. The molecule has 7 nitrogen and oxygen atoms in total. The minimum Gasteiger partial charge on any atom is -0.481 e. The first-order valence-corrected chi connectivity index (χ1v) is 8.78. The quantitative estimate of drug-likeness (QED) is 0.691. The Balaban J connectivity index is 2.09. The van der Waals surface area contributed by atoms with E-state index in [0.29, 0.717) is 24.3 Å². The maximum absolute atomic E-state index is 12.6. The van der Waals surface area contributed by atoms with Crippen LogP contribution in [0.15, 0.2) is 24.3 Å². The first-order chi connectivity index (χ1) is 12.2. The van der Waals surface area contributed by atoms with Crippen molar-refractivity contribution in [3.63, 3.8) is 0 Å². The first-order valence-electron chi connectivity index (χ1n) is 8.78. The number of rotatable bonds is 7. The molecular formula is C19H26N2O5. The van der Waals surface area contributed by atoms with Crippen molar-refractivity contribution < 1.29 is 24.2 Å². The zero-order valence-electron chi connectivity index (χ0n) is 15.4. The molecule has 1 aliphatic heterocycles. The van der Waals surface area contributed by atoms with Gasteiger partial charge in [0.2, 0.25) is 0 Å². The number of carbonyl (C=O) groups is 3. The summed E-state index contributed by atoms with van der Waals surface area (Å²) in [6, 6.07) is 6.56. The molecule has 0 aromatic heterocycles. The summed E-state index contributed by atoms with van der Waals surface area (Å²) in [6.07, 6.45) is 0.921. The summed E-state index contributed by atoms with van der Waals surface area (Å²) in [5, 5.41) is 14.7. The van der Waals surface area contributed by atoms with Crippen LogP contribution in [0.25, 0.3) is 0 Å². The van der Waals surface area contributed by atoms with Gasteiger partial charge in [-0.3, -0.25) is 14.4 Å². The number of hydrogen-bond donors (Lipinski definition) is 3. The Hall–Kier alpha value is -2.41. The second-order valence-corrected chi connectivity index (χ2v) is 7.17. The van der Waals surface area contributed by atoms with E-state index in [0.717, 1.165) is 6.42 Å². The first kappa shape index (κ1) is 19.9. The van der Waals surface area contributed by atoms with Crippen LogP contribution in [0.2, 0.25) is 0 Å². The van der Waals surface area contributed by atoms with Crippen LogP contribution in [-0.2, 0) is 14.3 Å². The van der Waals surface area contributed by atoms with E-state index in [4.69, 9.17) is 9.84 Å². The van der Waals surface area contributed by atoms with Crippen LogP contribution in [0.5, 0.6) is 0 Å². The lowest BCUT2D eigenvalue weighted by atomic mass is 9.85. The minimum absolute atomic E-state index is 0.0649. The fourth-order valence-electron chi connectivity index (χ4n) is 2.78. The van der Waals surface area contributed by atoms with Crippen LogP contribution in [0.1, 0.15) is 50.4 Å². The molecule has 2 rings (SSSR count). The topological polar surface area (TPSA) is 105 Å². The monoisotopic (exact) mass is 362 g/mol. The van der Waals surface area contributed by atoms with Crippen molar-refractivity contribution in [2.24, 2.45) is 5.92 Å². The van der Waals surface area contributed by atoms with E-state index in [1.54, 1.807) is 31.2 Å². The van der Waals surface area contributed by atoms with E-state index >= 15 is 0 Å². The standard InChI is InChI=1S/C19H26N2O5/c1-12(2)19(3,11-16(22)23)21-17(24)13-6-4-7-14(10-13)20-18(25)15-8-5-9-26-15/h4,6-7,10,12,15H,5,8-9,11H2,1-3H3,(H,20,25)(H,21,24)(H,22,23). The number of benzene rings is 1. The SMILES string of the molecule is CC(C)C(C)(CC(=O)O)NC(=O)c1cccc(NC(=O)C2CCCO2)c1. The number of amides is 2. The van der Waals surface area contributed by atoms with E-state index in [9.17, 15) is 14.4 Å². The van der Waals surface area contributed by atoms with Crippen LogP contribution < -0.4 is 10.6 Å². The molecule has 0 saturated carbocycles. The summed E-state index contributed by atoms with van der Waals surface area (Å²) in [6.45, 7) is 6.02. The van der Waals surface area contributed by atoms with Crippen LogP contribution in [0, 0.1) is 5.92 Å². The largest absolute Gasteiger partial charge is 0.481 e. The maximum atomic E-state index is 12.6. The zero-order valence-corrected chi connectivity index (χ0v) is 15.4. The Morgan fingerprint density at radius 3 is 2.65 bits per heavy atom. The van der Waals surface area contributed by atoms with Crippen molar-refractivity contribution in [3.8, 4) is 0 Å². The highest BCUT2D eigenvalue weighted by Gasteiger charge is 2.33. The van der Waals surface area contributed by atoms with Crippen LogP contribution in [-0.4, -0.2) is 41.1 Å². The molecule has 2 amide bonds. The number of anilines is 1. The van der Waals surface area contributed by atoms with Crippen molar-refractivity contribution in [1.82, 2.24) is 5.32 Å². The van der Waals surface area contributed by atoms with Gasteiger partial charge >= 0.3 is 5.97 Å². The Morgan fingerprint density at radius 1 is 1.35 bits per heavy atom. The number of aliphatic carboxylic acids is 1. The second-order valence-electron chi connectivity index (χ2n) is 7.17. The molecule has 0 aliphatic carbocycles. The molecular weight excluding hydrogens is 336 g/mol. The molecule has 1 aliphatic rings. The minimum atomic E-state index is -0.973. The lowest BCUT2D eigenvalue weighted by Gasteiger charge is -2.33. The highest BCUT2D eigenvalue weighted by molar-refractivity contribution is 5.98. The van der Waals surface area contributed by atoms with Gasteiger partial charge in [0.25, 0.3) is 11.8 Å². The molecule has 0 bridgehead atoms. The summed E-state index contributed by atoms with van der Waals surface area (Å²) >= 11 is 0. The fraction of sp³-hybridized carbons (Fsp3) is 0.526. The number of carbonyl (C=O) groups excluding carboxylic acids is 2. The van der Waals surface area contributed by atoms with E-state index < -0.39 is 17.6 Å². The van der Waals surface area contributed by atoms with Crippen molar-refractivity contribution >= 4 is 23.5 Å². The highest BCUT2D eigenvalue weighted by Crippen LogP contribution is 2.22. The summed E-state index contributed by atoms with van der Waals surface area (Å²) in [5.74, 6) is -1.64. The summed E-state index contributed by atoms with van der Waals surface area (Å²) in [5.41, 5.74) is -0.0186. The zero-order chi connectivity index (χ0) is 19.3. The van der Waals surface area contributed by atoms with Gasteiger partial charge in [-0.05, 0) is 43.9 Å². The lowest BCUT2D eigenvalue weighted by Crippen LogP contribution is -2.51. The number of ether oxygens (including phenoxy) is 1. The molecule has 26 heavy (non-hydrogen) atoms. The van der Waals surface area contributed by atoms with E-state index in [1.165, 1.54) is 0 Å². The molecule has 1 heterocycles. The molecule has 0 radical (unpaired) electrons. The van der Waals surface area contributed by atoms with Gasteiger partial charge in [0.05, 0.1) is 12.0 Å². The van der Waals surface area contributed by atoms with Crippen molar-refractivity contribution in [2.45, 2.75) is 51.7 Å². The molecule has 0 spiro atoms. The van der Waals surface area contributed by atoms with Crippen molar-refractivity contribution in [1.29, 1.82) is 0 Å². The number of hydrogen-bond acceptors (Lipinski definition) is 4. The molecule has 3 N–H and O–H groups in total. The third-order valence-electron chi connectivity index (χ3n) is 4.81. The summed E-state index contributed by atoms with van der Waals surface area (Å²) in [4.78, 5) is 35.9. The number of carboxylic acids is 1. The van der Waals surface area contributed by atoms with Gasteiger partial charge in [0.15, 0.2) is 0 Å². The van der Waals surface area contributed by atoms with Crippen molar-refractivity contribution in [2.75, 3.05) is 11.9 Å². The third kappa shape index (κ3) is 5.05. The molecule has 1 saturated heterocycles. The van der Waals surface area contributed by atoms with Gasteiger partial charge in [-0.15, -0.1) is 0 Å². The molecule has 2 atom stereocenters. The molecule has 1 aromatic carbocycles. The molecule has 142 valence electrons. The Kier molecular flexibility index (Phi) is 6.37. The maximum Gasteiger partial charge on any atom is 0.305 e. The normalized spacial score (nSPS) is 19.0. The summed E-state index contributed by atoms with van der Waals surface area (Å²) < 4.78 is 5.35. The highest BCUT2D eigenvalue weighted by atomic mass is 16.5. The van der Waals surface area contributed by atoms with Gasteiger partial charge in [0.1, 0.15) is 6.10 Å². The lowest BCUT2D eigenvalue weighted by molar-refractivity contribution is -0.139. The number of carboxylic acid groups (broad SMARTS) is 1. The fourth-order valence-corrected chi connectivity index (χ4v) is 2.78. The predicted molar refractivity (Wildman–Crippen MR) is 97.0 cm³/mol. The average Bonchev–Trinajstić information content (AvgIpc) is 3.08. The van der Waals surface area contributed by atoms with Gasteiger partial charge < -0.3 is 20.5 Å². The van der Waals surface area contributed by atoms with E-state index in [2.05, 4.69) is 10.6 Å². The van der Waals surface area contributed by atoms with Crippen LogP contribution in [0.4, 0.5) is 5.69 Å². The summed E-state index contributed by atoms with van der Waals surface area (Å²) in [7, 11) is 0. The van der Waals surface area contributed by atoms with Gasteiger partial charge in [-0.25, -0.2) is 0 Å². The van der Waals surface area contributed by atoms with Crippen molar-refractivity contribution in [3.05, 3.63) is 29.8 Å². The van der Waals surface area contributed by atoms with Crippen LogP contribution in [0.3, 0.4) is 0 Å². The molecule has 7 heteroatoms. The van der Waals surface area contributed by atoms with Gasteiger partial charge in [-0.2, -0.15) is 0 Å². The number of nitrogens with one attached hydrogen (secondary N) is 2. The van der Waals surface area contributed by atoms with E-state index in [-0.39, 0.29) is 24.2 Å². The molecule has 1 fully saturated rings. The Morgan fingerprint density at radius 2 is 2.08 bits per heavy atom. The smallest absolute Gasteiger partial charge is 0.305 e. The molecule has 1 aromatic rings. The second kappa shape index (κ2) is 8.31. The van der Waals surface area contributed by atoms with Gasteiger partial charge in [0, 0.05) is 17.9 Å². The Bertz CT molecular complexity index is 682. The van der Waals surface area contributed by atoms with E-state index in [1.807, 2.05) is 13.8 Å². The predicted octanol–water partition coefficient (Wildman–Crippen LogP) is 2.42.